The molecule has 1 aliphatic rings. The van der Waals surface area contributed by atoms with Crippen LogP contribution in [0.25, 0.3) is 0 Å². The van der Waals surface area contributed by atoms with Crippen LogP contribution in [0.4, 0.5) is 4.39 Å². The molecule has 0 saturated carbocycles. The SMILES string of the molecule is Cc1cc(F)ccc1CC(N)C1C(C)OC(C)C1C. The first-order valence-electron chi connectivity index (χ1n) is 7.06. The van der Waals surface area contributed by atoms with Crippen molar-refractivity contribution in [3.63, 3.8) is 0 Å². The molecule has 106 valence electrons. The van der Waals surface area contributed by atoms with E-state index in [1.54, 1.807) is 6.07 Å². The molecule has 1 saturated heterocycles. The van der Waals surface area contributed by atoms with Gasteiger partial charge >= 0.3 is 0 Å². The van der Waals surface area contributed by atoms with Crippen molar-refractivity contribution in [3.8, 4) is 0 Å². The summed E-state index contributed by atoms with van der Waals surface area (Å²) < 4.78 is 19.0. The highest BCUT2D eigenvalue weighted by atomic mass is 19.1. The second kappa shape index (κ2) is 5.59. The lowest BCUT2D eigenvalue weighted by atomic mass is 9.81. The van der Waals surface area contributed by atoms with Gasteiger partial charge in [0.2, 0.25) is 0 Å². The van der Waals surface area contributed by atoms with Gasteiger partial charge in [-0.15, -0.1) is 0 Å². The number of hydrogen-bond acceptors (Lipinski definition) is 2. The molecule has 5 atom stereocenters. The largest absolute Gasteiger partial charge is 0.375 e. The zero-order chi connectivity index (χ0) is 14.2. The minimum atomic E-state index is -0.186. The number of halogens is 1. The van der Waals surface area contributed by atoms with Crippen LogP contribution in [0.15, 0.2) is 18.2 Å². The molecule has 5 unspecified atom stereocenters. The maximum atomic E-state index is 13.1. The van der Waals surface area contributed by atoms with E-state index >= 15 is 0 Å². The zero-order valence-corrected chi connectivity index (χ0v) is 12.2. The third kappa shape index (κ3) is 2.98. The molecule has 0 aliphatic carbocycles. The van der Waals surface area contributed by atoms with Crippen LogP contribution >= 0.6 is 0 Å². The fourth-order valence-corrected chi connectivity index (χ4v) is 3.31. The van der Waals surface area contributed by atoms with Crippen molar-refractivity contribution in [1.82, 2.24) is 0 Å². The third-order valence-corrected chi connectivity index (χ3v) is 4.57. The summed E-state index contributed by atoms with van der Waals surface area (Å²) in [5.41, 5.74) is 8.49. The average molecular weight is 265 g/mol. The molecule has 1 aromatic carbocycles. The van der Waals surface area contributed by atoms with Crippen molar-refractivity contribution in [3.05, 3.63) is 35.1 Å². The summed E-state index contributed by atoms with van der Waals surface area (Å²) >= 11 is 0. The summed E-state index contributed by atoms with van der Waals surface area (Å²) in [6.45, 7) is 8.35. The average Bonchev–Trinajstić information content (AvgIpc) is 2.57. The summed E-state index contributed by atoms with van der Waals surface area (Å²) in [6, 6.07) is 4.98. The van der Waals surface area contributed by atoms with Crippen molar-refractivity contribution in [2.75, 3.05) is 0 Å². The number of nitrogens with two attached hydrogens (primary N) is 1. The first-order chi connectivity index (χ1) is 8.90. The molecular weight excluding hydrogens is 241 g/mol. The predicted molar refractivity (Wildman–Crippen MR) is 75.5 cm³/mol. The Labute approximate surface area is 115 Å². The second-order valence-corrected chi connectivity index (χ2v) is 5.92. The lowest BCUT2D eigenvalue weighted by molar-refractivity contribution is 0.0490. The molecule has 0 radical (unpaired) electrons. The molecule has 2 N–H and O–H groups in total. The Balaban J connectivity index is 2.10. The maximum Gasteiger partial charge on any atom is 0.123 e. The van der Waals surface area contributed by atoms with Crippen LogP contribution < -0.4 is 5.73 Å². The van der Waals surface area contributed by atoms with E-state index in [-0.39, 0.29) is 24.1 Å². The molecular formula is C16H24FNO. The molecule has 0 bridgehead atoms. The Morgan fingerprint density at radius 2 is 1.95 bits per heavy atom. The van der Waals surface area contributed by atoms with Crippen LogP contribution in [0.3, 0.4) is 0 Å². The van der Waals surface area contributed by atoms with E-state index in [0.717, 1.165) is 17.5 Å². The monoisotopic (exact) mass is 265 g/mol. The third-order valence-electron chi connectivity index (χ3n) is 4.57. The summed E-state index contributed by atoms with van der Waals surface area (Å²) in [5.74, 6) is 0.639. The van der Waals surface area contributed by atoms with Crippen LogP contribution in [0.5, 0.6) is 0 Å². The quantitative estimate of drug-likeness (QED) is 0.911. The molecule has 2 rings (SSSR count). The summed E-state index contributed by atoms with van der Waals surface area (Å²) in [7, 11) is 0. The van der Waals surface area contributed by atoms with Crippen molar-refractivity contribution in [1.29, 1.82) is 0 Å². The predicted octanol–water partition coefficient (Wildman–Crippen LogP) is 3.06. The first kappa shape index (κ1) is 14.5. The van der Waals surface area contributed by atoms with E-state index in [1.807, 2.05) is 13.0 Å². The Kier molecular flexibility index (Phi) is 4.26. The normalized spacial score (nSPS) is 32.5. The van der Waals surface area contributed by atoms with Crippen LogP contribution in [0, 0.1) is 24.6 Å². The molecule has 19 heavy (non-hydrogen) atoms. The molecule has 1 fully saturated rings. The highest BCUT2D eigenvalue weighted by Crippen LogP contribution is 2.35. The number of benzene rings is 1. The van der Waals surface area contributed by atoms with Crippen molar-refractivity contribution in [2.24, 2.45) is 17.6 Å². The van der Waals surface area contributed by atoms with Crippen LogP contribution in [0.2, 0.25) is 0 Å². The van der Waals surface area contributed by atoms with E-state index in [4.69, 9.17) is 10.5 Å². The van der Waals surface area contributed by atoms with Gasteiger partial charge in [-0.25, -0.2) is 4.39 Å². The summed E-state index contributed by atoms with van der Waals surface area (Å²) in [4.78, 5) is 0. The second-order valence-electron chi connectivity index (χ2n) is 5.92. The minimum absolute atomic E-state index is 0.0547. The lowest BCUT2D eigenvalue weighted by Crippen LogP contribution is -2.39. The van der Waals surface area contributed by atoms with E-state index in [2.05, 4.69) is 20.8 Å². The van der Waals surface area contributed by atoms with E-state index < -0.39 is 0 Å². The Morgan fingerprint density at radius 3 is 2.47 bits per heavy atom. The Hall–Kier alpha value is -0.930. The van der Waals surface area contributed by atoms with Crippen LogP contribution in [0.1, 0.15) is 31.9 Å². The van der Waals surface area contributed by atoms with Crippen molar-refractivity contribution < 1.29 is 9.13 Å². The zero-order valence-electron chi connectivity index (χ0n) is 12.2. The van der Waals surface area contributed by atoms with Gasteiger partial charge in [-0.3, -0.25) is 0 Å². The standard InChI is InChI=1S/C16H24FNO/c1-9-7-14(17)6-5-13(9)8-15(18)16-10(2)11(3)19-12(16)4/h5-7,10-12,15-16H,8,18H2,1-4H3. The lowest BCUT2D eigenvalue weighted by Gasteiger charge is -2.26. The van der Waals surface area contributed by atoms with Crippen molar-refractivity contribution >= 4 is 0 Å². The fourth-order valence-electron chi connectivity index (χ4n) is 3.31. The maximum absolute atomic E-state index is 13.1. The molecule has 0 amide bonds. The number of rotatable bonds is 3. The molecule has 0 aromatic heterocycles. The highest BCUT2D eigenvalue weighted by Gasteiger charge is 2.40. The Bertz CT molecular complexity index is 448. The summed E-state index contributed by atoms with van der Waals surface area (Å²) in [6.07, 6.45) is 1.24. The minimum Gasteiger partial charge on any atom is -0.375 e. The topological polar surface area (TPSA) is 35.2 Å². The van der Waals surface area contributed by atoms with Gasteiger partial charge in [0, 0.05) is 12.0 Å². The van der Waals surface area contributed by atoms with Crippen LogP contribution in [-0.4, -0.2) is 18.2 Å². The fraction of sp³-hybridized carbons (Fsp3) is 0.625. The smallest absolute Gasteiger partial charge is 0.123 e. The molecule has 3 heteroatoms. The molecule has 2 nitrogen and oxygen atoms in total. The molecule has 1 aromatic rings. The number of hydrogen-bond donors (Lipinski definition) is 1. The summed E-state index contributed by atoms with van der Waals surface area (Å²) in [5, 5.41) is 0. The van der Waals surface area contributed by atoms with Gasteiger partial charge in [0.15, 0.2) is 0 Å². The van der Waals surface area contributed by atoms with E-state index in [9.17, 15) is 4.39 Å². The number of aryl methyl sites for hydroxylation is 1. The highest BCUT2D eigenvalue weighted by molar-refractivity contribution is 5.27. The van der Waals surface area contributed by atoms with Gasteiger partial charge in [-0.2, -0.15) is 0 Å². The van der Waals surface area contributed by atoms with E-state index in [1.165, 1.54) is 6.07 Å². The first-order valence-corrected chi connectivity index (χ1v) is 7.06. The van der Waals surface area contributed by atoms with Gasteiger partial charge in [-0.1, -0.05) is 13.0 Å². The van der Waals surface area contributed by atoms with Gasteiger partial charge < -0.3 is 10.5 Å². The molecule has 1 aliphatic heterocycles. The van der Waals surface area contributed by atoms with Gasteiger partial charge in [0.1, 0.15) is 5.82 Å². The molecule has 0 spiro atoms. The van der Waals surface area contributed by atoms with Gasteiger partial charge in [-0.05, 0) is 56.4 Å². The number of ether oxygens (including phenoxy) is 1. The van der Waals surface area contributed by atoms with Crippen molar-refractivity contribution in [2.45, 2.75) is 52.4 Å². The van der Waals surface area contributed by atoms with Gasteiger partial charge in [0.05, 0.1) is 12.2 Å². The molecule has 1 heterocycles. The van der Waals surface area contributed by atoms with Crippen LogP contribution in [-0.2, 0) is 11.2 Å². The van der Waals surface area contributed by atoms with E-state index in [0.29, 0.717) is 11.8 Å². The Morgan fingerprint density at radius 1 is 1.26 bits per heavy atom. The van der Waals surface area contributed by atoms with Gasteiger partial charge in [0.25, 0.3) is 0 Å².